The lowest BCUT2D eigenvalue weighted by Crippen LogP contribution is -2.40. The first-order chi connectivity index (χ1) is 7.90. The van der Waals surface area contributed by atoms with Crippen LogP contribution in [0.25, 0.3) is 0 Å². The molecule has 0 aromatic carbocycles. The van der Waals surface area contributed by atoms with Crippen LogP contribution < -0.4 is 0 Å². The van der Waals surface area contributed by atoms with E-state index >= 15 is 0 Å². The zero-order chi connectivity index (χ0) is 14.6. The molecule has 6 heteroatoms. The fourth-order valence-corrected chi connectivity index (χ4v) is 3.26. The van der Waals surface area contributed by atoms with Crippen molar-refractivity contribution in [2.24, 2.45) is 11.3 Å². The highest BCUT2D eigenvalue weighted by Crippen LogP contribution is 2.30. The molecule has 0 amide bonds. The SMILES string of the molecule is CC(CCCC(C)(C)C)C(C)(O[SiH3])OS(C)(=O)=O. The zero-order valence-electron chi connectivity index (χ0n) is 12.7. The first kappa shape index (κ1) is 18.1. The molecule has 2 unspecified atom stereocenters. The normalized spacial score (nSPS) is 18.6. The zero-order valence-corrected chi connectivity index (χ0v) is 15.6. The summed E-state index contributed by atoms with van der Waals surface area (Å²) >= 11 is 0. The van der Waals surface area contributed by atoms with Crippen molar-refractivity contribution >= 4 is 20.6 Å². The third-order valence-electron chi connectivity index (χ3n) is 3.18. The van der Waals surface area contributed by atoms with Gasteiger partial charge in [0.25, 0.3) is 10.1 Å². The van der Waals surface area contributed by atoms with Gasteiger partial charge in [-0.05, 0) is 25.2 Å². The molecule has 110 valence electrons. The van der Waals surface area contributed by atoms with Gasteiger partial charge in [0.05, 0.1) is 6.26 Å². The van der Waals surface area contributed by atoms with Crippen LogP contribution in [-0.4, -0.2) is 30.9 Å². The van der Waals surface area contributed by atoms with Gasteiger partial charge in [-0.25, -0.2) is 4.18 Å². The van der Waals surface area contributed by atoms with Crippen molar-refractivity contribution < 1.29 is 17.0 Å². The minimum atomic E-state index is -3.50. The monoisotopic (exact) mass is 296 g/mol. The molecule has 0 radical (unpaired) electrons. The van der Waals surface area contributed by atoms with Crippen molar-refractivity contribution in [3.8, 4) is 0 Å². The van der Waals surface area contributed by atoms with Crippen LogP contribution in [-0.2, 0) is 18.7 Å². The average molecular weight is 297 g/mol. The Kier molecular flexibility index (Phi) is 6.53. The number of rotatable bonds is 7. The van der Waals surface area contributed by atoms with Gasteiger partial charge in [-0.3, -0.25) is 0 Å². The highest BCUT2D eigenvalue weighted by atomic mass is 32.2. The fraction of sp³-hybridized carbons (Fsp3) is 1.00. The molecule has 0 spiro atoms. The molecule has 0 N–H and O–H groups in total. The third kappa shape index (κ3) is 7.51. The molecule has 0 saturated heterocycles. The van der Waals surface area contributed by atoms with E-state index in [1.165, 1.54) is 0 Å². The molecule has 0 aliphatic rings. The van der Waals surface area contributed by atoms with E-state index in [1.54, 1.807) is 6.92 Å². The average Bonchev–Trinajstić information content (AvgIpc) is 2.12. The van der Waals surface area contributed by atoms with E-state index in [0.29, 0.717) is 15.9 Å². The van der Waals surface area contributed by atoms with E-state index in [9.17, 15) is 8.42 Å². The molecule has 0 rings (SSSR count). The summed E-state index contributed by atoms with van der Waals surface area (Å²) in [5, 5.41) is 0. The summed E-state index contributed by atoms with van der Waals surface area (Å²) in [4.78, 5) is 0. The van der Waals surface area contributed by atoms with Gasteiger partial charge in [-0.1, -0.05) is 34.1 Å². The first-order valence-corrected chi connectivity index (χ1v) is 8.99. The van der Waals surface area contributed by atoms with Crippen molar-refractivity contribution in [1.29, 1.82) is 0 Å². The Morgan fingerprint density at radius 2 is 1.72 bits per heavy atom. The van der Waals surface area contributed by atoms with Crippen LogP contribution in [0.1, 0.15) is 53.9 Å². The Hall–Kier alpha value is 0.0869. The third-order valence-corrected chi connectivity index (χ3v) is 4.63. The quantitative estimate of drug-likeness (QED) is 0.408. The fourth-order valence-electron chi connectivity index (χ4n) is 1.82. The molecule has 0 aliphatic carbocycles. The number of hydrogen-bond acceptors (Lipinski definition) is 4. The van der Waals surface area contributed by atoms with Crippen molar-refractivity contribution in [1.82, 2.24) is 0 Å². The van der Waals surface area contributed by atoms with Gasteiger partial charge < -0.3 is 4.43 Å². The summed E-state index contributed by atoms with van der Waals surface area (Å²) < 4.78 is 33.0. The van der Waals surface area contributed by atoms with Crippen LogP contribution in [0.2, 0.25) is 0 Å². The van der Waals surface area contributed by atoms with Gasteiger partial charge in [0.15, 0.2) is 5.79 Å². The molecule has 0 saturated carbocycles. The Morgan fingerprint density at radius 3 is 2.06 bits per heavy atom. The molecule has 18 heavy (non-hydrogen) atoms. The second-order valence-electron chi connectivity index (χ2n) is 6.36. The Balaban J connectivity index is 4.48. The van der Waals surface area contributed by atoms with Crippen molar-refractivity contribution in [2.45, 2.75) is 59.7 Å². The second-order valence-corrected chi connectivity index (χ2v) is 8.34. The maximum Gasteiger partial charge on any atom is 0.267 e. The summed E-state index contributed by atoms with van der Waals surface area (Å²) in [6.45, 7) is 10.3. The molecule has 0 bridgehead atoms. The van der Waals surface area contributed by atoms with E-state index in [2.05, 4.69) is 20.8 Å². The molecular weight excluding hydrogens is 268 g/mol. The summed E-state index contributed by atoms with van der Waals surface area (Å²) in [5.74, 6) is -0.968. The highest BCUT2D eigenvalue weighted by molar-refractivity contribution is 7.86. The van der Waals surface area contributed by atoms with Gasteiger partial charge in [0.2, 0.25) is 0 Å². The predicted octanol–water partition coefficient (Wildman–Crippen LogP) is 1.83. The molecule has 0 heterocycles. The van der Waals surface area contributed by atoms with Gasteiger partial charge in [-0.15, -0.1) is 0 Å². The van der Waals surface area contributed by atoms with Gasteiger partial charge >= 0.3 is 0 Å². The highest BCUT2D eigenvalue weighted by Gasteiger charge is 2.35. The van der Waals surface area contributed by atoms with Crippen LogP contribution in [0.15, 0.2) is 0 Å². The van der Waals surface area contributed by atoms with E-state index < -0.39 is 15.9 Å². The molecule has 2 atom stereocenters. The van der Waals surface area contributed by atoms with Crippen molar-refractivity contribution in [3.05, 3.63) is 0 Å². The summed E-state index contributed by atoms with van der Waals surface area (Å²) in [7, 11) is -3.05. The lowest BCUT2D eigenvalue weighted by Gasteiger charge is -2.34. The van der Waals surface area contributed by atoms with Crippen LogP contribution in [0.4, 0.5) is 0 Å². The molecule has 0 aliphatic heterocycles. The summed E-state index contributed by atoms with van der Waals surface area (Å²) in [6, 6.07) is 0. The maximum atomic E-state index is 11.3. The molecule has 4 nitrogen and oxygen atoms in total. The minimum absolute atomic E-state index is 0.0482. The van der Waals surface area contributed by atoms with Crippen LogP contribution in [0.3, 0.4) is 0 Å². The van der Waals surface area contributed by atoms with Gasteiger partial charge in [-0.2, -0.15) is 8.42 Å². The second kappa shape index (κ2) is 6.50. The maximum absolute atomic E-state index is 11.3. The minimum Gasteiger partial charge on any atom is -0.401 e. The van der Waals surface area contributed by atoms with Crippen LogP contribution >= 0.6 is 0 Å². The molecule has 0 aromatic rings. The van der Waals surface area contributed by atoms with Crippen LogP contribution in [0.5, 0.6) is 0 Å². The van der Waals surface area contributed by atoms with Crippen molar-refractivity contribution in [3.63, 3.8) is 0 Å². The lowest BCUT2D eigenvalue weighted by atomic mass is 9.86. The first-order valence-electron chi connectivity index (χ1n) is 6.35. The summed E-state index contributed by atoms with van der Waals surface area (Å²) in [6.07, 6.45) is 4.10. The van der Waals surface area contributed by atoms with Gasteiger partial charge in [0, 0.05) is 5.92 Å². The van der Waals surface area contributed by atoms with E-state index in [0.717, 1.165) is 25.5 Å². The van der Waals surface area contributed by atoms with E-state index in [1.807, 2.05) is 6.92 Å². The smallest absolute Gasteiger partial charge is 0.267 e. The van der Waals surface area contributed by atoms with Crippen LogP contribution in [0, 0.1) is 11.3 Å². The largest absolute Gasteiger partial charge is 0.401 e. The van der Waals surface area contributed by atoms with Gasteiger partial charge in [0.1, 0.15) is 10.5 Å². The van der Waals surface area contributed by atoms with Crippen molar-refractivity contribution in [2.75, 3.05) is 6.26 Å². The lowest BCUT2D eigenvalue weighted by molar-refractivity contribution is -0.131. The summed E-state index contributed by atoms with van der Waals surface area (Å²) in [5.41, 5.74) is 0.301. The Morgan fingerprint density at radius 1 is 1.22 bits per heavy atom. The molecule has 0 fully saturated rings. The Bertz CT molecular complexity index is 348. The topological polar surface area (TPSA) is 52.6 Å². The molecule has 0 aromatic heterocycles. The Labute approximate surface area is 115 Å². The molecular formula is C12H28O4SSi. The van der Waals surface area contributed by atoms with E-state index in [-0.39, 0.29) is 5.92 Å². The predicted molar refractivity (Wildman–Crippen MR) is 77.8 cm³/mol. The number of hydrogen-bond donors (Lipinski definition) is 0. The van der Waals surface area contributed by atoms with E-state index in [4.69, 9.17) is 8.61 Å². The standard InChI is InChI=1S/C12H28O4SSi/c1-10(8-7-9-11(2,3)4)12(5,16-18)15-17(6,13)14/h10H,7-9H2,1-6,18H3.